The molecule has 1 unspecified atom stereocenters. The van der Waals surface area contributed by atoms with E-state index in [-0.39, 0.29) is 18.4 Å². The van der Waals surface area contributed by atoms with Crippen LogP contribution in [0.5, 0.6) is 11.5 Å². The van der Waals surface area contributed by atoms with Crippen LogP contribution in [0.25, 0.3) is 10.8 Å². The lowest BCUT2D eigenvalue weighted by Crippen LogP contribution is -2.22. The van der Waals surface area contributed by atoms with Crippen molar-refractivity contribution < 1.29 is 9.47 Å². The number of hydrogen-bond donors (Lipinski definition) is 1. The van der Waals surface area contributed by atoms with E-state index in [9.17, 15) is 0 Å². The second-order valence-electron chi connectivity index (χ2n) is 4.68. The number of hydrogen-bond acceptors (Lipinski definition) is 3. The van der Waals surface area contributed by atoms with E-state index in [1.54, 1.807) is 14.2 Å². The Balaban J connectivity index is 0.00000200. The molecular formula is C16H22ClNO2. The summed E-state index contributed by atoms with van der Waals surface area (Å²) >= 11 is 0. The van der Waals surface area contributed by atoms with E-state index in [1.165, 1.54) is 5.39 Å². The van der Waals surface area contributed by atoms with E-state index in [4.69, 9.17) is 15.2 Å². The third-order valence-corrected chi connectivity index (χ3v) is 3.49. The lowest BCUT2D eigenvalue weighted by atomic mass is 9.96. The first kappa shape index (κ1) is 16.6. The van der Waals surface area contributed by atoms with E-state index in [0.717, 1.165) is 35.3 Å². The lowest BCUT2D eigenvalue weighted by Gasteiger charge is -2.18. The van der Waals surface area contributed by atoms with Crippen molar-refractivity contribution in [2.24, 2.45) is 5.73 Å². The molecule has 0 spiro atoms. The van der Waals surface area contributed by atoms with Gasteiger partial charge in [0.2, 0.25) is 0 Å². The van der Waals surface area contributed by atoms with Crippen LogP contribution >= 0.6 is 12.4 Å². The predicted molar refractivity (Wildman–Crippen MR) is 86.3 cm³/mol. The summed E-state index contributed by atoms with van der Waals surface area (Å²) in [5.41, 5.74) is 7.25. The van der Waals surface area contributed by atoms with Gasteiger partial charge in [-0.15, -0.1) is 12.4 Å². The van der Waals surface area contributed by atoms with Gasteiger partial charge in [0.1, 0.15) is 0 Å². The van der Waals surface area contributed by atoms with E-state index in [0.29, 0.717) is 0 Å². The highest BCUT2D eigenvalue weighted by molar-refractivity contribution is 5.90. The predicted octanol–water partition coefficient (Wildman–Crippen LogP) is 3.56. The Hall–Kier alpha value is -1.45. The molecule has 3 nitrogen and oxygen atoms in total. The maximum Gasteiger partial charge on any atom is 0.164 e. The summed E-state index contributed by atoms with van der Waals surface area (Å²) in [4.78, 5) is 0. The SMILES string of the molecule is CCC(N)Cc1c(OC)c(OC)cc2ccccc12.Cl. The Labute approximate surface area is 126 Å². The van der Waals surface area contributed by atoms with Crippen LogP contribution in [-0.2, 0) is 6.42 Å². The van der Waals surface area contributed by atoms with Gasteiger partial charge in [-0.05, 0) is 29.7 Å². The molecule has 20 heavy (non-hydrogen) atoms. The molecule has 0 amide bonds. The van der Waals surface area contributed by atoms with E-state index in [1.807, 2.05) is 18.2 Å². The monoisotopic (exact) mass is 295 g/mol. The molecule has 0 saturated heterocycles. The second-order valence-corrected chi connectivity index (χ2v) is 4.68. The molecule has 1 atom stereocenters. The van der Waals surface area contributed by atoms with Gasteiger partial charge >= 0.3 is 0 Å². The molecule has 110 valence electrons. The number of ether oxygens (including phenoxy) is 2. The van der Waals surface area contributed by atoms with Gasteiger partial charge < -0.3 is 15.2 Å². The normalized spacial score (nSPS) is 11.8. The largest absolute Gasteiger partial charge is 0.493 e. The number of fused-ring (bicyclic) bond motifs is 1. The summed E-state index contributed by atoms with van der Waals surface area (Å²) in [7, 11) is 3.34. The van der Waals surface area contributed by atoms with Gasteiger partial charge in [-0.2, -0.15) is 0 Å². The van der Waals surface area contributed by atoms with Crippen LogP contribution in [0.15, 0.2) is 30.3 Å². The van der Waals surface area contributed by atoms with Gasteiger partial charge in [0.05, 0.1) is 14.2 Å². The van der Waals surface area contributed by atoms with Crippen LogP contribution in [0.1, 0.15) is 18.9 Å². The van der Waals surface area contributed by atoms with E-state index >= 15 is 0 Å². The van der Waals surface area contributed by atoms with Crippen LogP contribution in [0, 0.1) is 0 Å². The number of rotatable bonds is 5. The average Bonchev–Trinajstić information content (AvgIpc) is 2.46. The fraction of sp³-hybridized carbons (Fsp3) is 0.375. The molecule has 0 saturated carbocycles. The first-order valence-corrected chi connectivity index (χ1v) is 6.59. The summed E-state index contributed by atoms with van der Waals surface area (Å²) in [6.07, 6.45) is 1.73. The molecule has 2 rings (SSSR count). The minimum atomic E-state index is 0. The number of halogens is 1. The maximum atomic E-state index is 6.11. The fourth-order valence-corrected chi connectivity index (χ4v) is 2.36. The van der Waals surface area contributed by atoms with Crippen molar-refractivity contribution in [3.05, 3.63) is 35.9 Å². The highest BCUT2D eigenvalue weighted by atomic mass is 35.5. The van der Waals surface area contributed by atoms with Crippen molar-refractivity contribution in [3.8, 4) is 11.5 Å². The maximum absolute atomic E-state index is 6.11. The van der Waals surface area contributed by atoms with Crippen LogP contribution in [0.3, 0.4) is 0 Å². The molecule has 0 aliphatic heterocycles. The number of benzene rings is 2. The third kappa shape index (κ3) is 3.17. The minimum Gasteiger partial charge on any atom is -0.493 e. The van der Waals surface area contributed by atoms with Crippen molar-refractivity contribution in [3.63, 3.8) is 0 Å². The smallest absolute Gasteiger partial charge is 0.164 e. The zero-order valence-corrected chi connectivity index (χ0v) is 13.0. The van der Waals surface area contributed by atoms with Gasteiger partial charge in [0, 0.05) is 11.6 Å². The Kier molecular flexibility index (Phi) is 6.11. The van der Waals surface area contributed by atoms with Crippen LogP contribution in [0.2, 0.25) is 0 Å². The summed E-state index contributed by atoms with van der Waals surface area (Å²) in [6.45, 7) is 2.10. The molecule has 0 aromatic heterocycles. The molecule has 0 aliphatic carbocycles. The van der Waals surface area contributed by atoms with Crippen molar-refractivity contribution in [2.75, 3.05) is 14.2 Å². The number of nitrogens with two attached hydrogens (primary N) is 1. The summed E-state index contributed by atoms with van der Waals surface area (Å²) < 4.78 is 11.0. The van der Waals surface area contributed by atoms with Gasteiger partial charge in [0.25, 0.3) is 0 Å². The topological polar surface area (TPSA) is 44.5 Å². The minimum absolute atomic E-state index is 0. The van der Waals surface area contributed by atoms with E-state index in [2.05, 4.69) is 19.1 Å². The number of methoxy groups -OCH3 is 2. The van der Waals surface area contributed by atoms with E-state index < -0.39 is 0 Å². The molecule has 0 radical (unpaired) electrons. The summed E-state index contributed by atoms with van der Waals surface area (Å²) in [6, 6.07) is 10.4. The van der Waals surface area contributed by atoms with Gasteiger partial charge in [-0.1, -0.05) is 31.2 Å². The highest BCUT2D eigenvalue weighted by Gasteiger charge is 2.16. The molecular weight excluding hydrogens is 274 g/mol. The quantitative estimate of drug-likeness (QED) is 0.917. The Morgan fingerprint density at radius 3 is 2.45 bits per heavy atom. The Bertz CT molecular complexity index is 572. The fourth-order valence-electron chi connectivity index (χ4n) is 2.36. The first-order chi connectivity index (χ1) is 9.21. The second kappa shape index (κ2) is 7.36. The molecule has 0 bridgehead atoms. The Morgan fingerprint density at radius 1 is 1.15 bits per heavy atom. The molecule has 2 N–H and O–H groups in total. The average molecular weight is 296 g/mol. The third-order valence-electron chi connectivity index (χ3n) is 3.49. The Morgan fingerprint density at radius 2 is 1.85 bits per heavy atom. The van der Waals surface area contributed by atoms with Crippen molar-refractivity contribution in [1.82, 2.24) is 0 Å². The zero-order valence-electron chi connectivity index (χ0n) is 12.2. The molecule has 0 fully saturated rings. The molecule has 0 aliphatic rings. The van der Waals surface area contributed by atoms with Crippen molar-refractivity contribution >= 4 is 23.2 Å². The zero-order chi connectivity index (χ0) is 13.8. The molecule has 0 heterocycles. The van der Waals surface area contributed by atoms with Crippen LogP contribution in [0.4, 0.5) is 0 Å². The van der Waals surface area contributed by atoms with Gasteiger partial charge in [-0.3, -0.25) is 0 Å². The van der Waals surface area contributed by atoms with Crippen molar-refractivity contribution in [2.45, 2.75) is 25.8 Å². The first-order valence-electron chi connectivity index (χ1n) is 6.59. The standard InChI is InChI=1S/C16H21NO2.ClH/c1-4-12(17)10-14-13-8-6-5-7-11(13)9-15(18-2)16(14)19-3;/h5-9,12H,4,10,17H2,1-3H3;1H. The molecule has 2 aromatic rings. The van der Waals surface area contributed by atoms with Crippen LogP contribution < -0.4 is 15.2 Å². The van der Waals surface area contributed by atoms with Gasteiger partial charge in [0.15, 0.2) is 11.5 Å². The molecule has 4 heteroatoms. The van der Waals surface area contributed by atoms with Gasteiger partial charge in [-0.25, -0.2) is 0 Å². The van der Waals surface area contributed by atoms with Crippen LogP contribution in [-0.4, -0.2) is 20.3 Å². The highest BCUT2D eigenvalue weighted by Crippen LogP contribution is 2.38. The van der Waals surface area contributed by atoms with Crippen molar-refractivity contribution in [1.29, 1.82) is 0 Å². The lowest BCUT2D eigenvalue weighted by molar-refractivity contribution is 0.352. The summed E-state index contributed by atoms with van der Waals surface area (Å²) in [5, 5.41) is 2.34. The molecule has 2 aromatic carbocycles. The summed E-state index contributed by atoms with van der Waals surface area (Å²) in [5.74, 6) is 1.56.